The number of nitrogens with zero attached hydrogens (tertiary/aromatic N) is 1. The molecule has 3 nitrogen and oxygen atoms in total. The average Bonchev–Trinajstić information content (AvgIpc) is 2.36. The predicted octanol–water partition coefficient (Wildman–Crippen LogP) is 2.69. The van der Waals surface area contributed by atoms with Gasteiger partial charge in [0, 0.05) is 19.1 Å². The molecule has 0 spiro atoms. The highest BCUT2D eigenvalue weighted by Crippen LogP contribution is 2.27. The van der Waals surface area contributed by atoms with Crippen LogP contribution in [0.5, 0.6) is 5.75 Å². The molecular formula is C15H24ClFN2O. The van der Waals surface area contributed by atoms with Crippen LogP contribution < -0.4 is 10.5 Å². The number of ether oxygens (including phenoxy) is 1. The molecule has 0 aliphatic carbocycles. The molecule has 5 heteroatoms. The summed E-state index contributed by atoms with van der Waals surface area (Å²) in [4.78, 5) is 2.34. The Morgan fingerprint density at radius 3 is 2.75 bits per heavy atom. The van der Waals surface area contributed by atoms with E-state index < -0.39 is 0 Å². The molecule has 0 bridgehead atoms. The van der Waals surface area contributed by atoms with Crippen LogP contribution in [0.25, 0.3) is 0 Å². The van der Waals surface area contributed by atoms with Crippen molar-refractivity contribution in [2.45, 2.75) is 26.3 Å². The van der Waals surface area contributed by atoms with Gasteiger partial charge in [-0.2, -0.15) is 0 Å². The second-order valence-electron chi connectivity index (χ2n) is 5.94. The number of hydrogen-bond acceptors (Lipinski definition) is 3. The summed E-state index contributed by atoms with van der Waals surface area (Å²) < 4.78 is 18.9. The van der Waals surface area contributed by atoms with Crippen LogP contribution in [-0.4, -0.2) is 37.2 Å². The van der Waals surface area contributed by atoms with E-state index in [-0.39, 0.29) is 29.7 Å². The molecule has 1 aromatic carbocycles. The lowest BCUT2D eigenvalue weighted by Crippen LogP contribution is -2.53. The number of hydrogen-bond donors (Lipinski definition) is 1. The quantitative estimate of drug-likeness (QED) is 0.929. The van der Waals surface area contributed by atoms with Crippen molar-refractivity contribution in [1.82, 2.24) is 4.90 Å². The third-order valence-electron chi connectivity index (χ3n) is 3.89. The lowest BCUT2D eigenvalue weighted by molar-refractivity contribution is 0.0825. The molecule has 1 aliphatic heterocycles. The Morgan fingerprint density at radius 1 is 1.40 bits per heavy atom. The first-order chi connectivity index (χ1) is 8.99. The second-order valence-corrected chi connectivity index (χ2v) is 5.94. The van der Waals surface area contributed by atoms with Gasteiger partial charge in [-0.3, -0.25) is 4.90 Å². The van der Waals surface area contributed by atoms with Crippen molar-refractivity contribution in [3.63, 3.8) is 0 Å². The lowest BCUT2D eigenvalue weighted by atomic mass is 9.80. The maximum atomic E-state index is 13.4. The fourth-order valence-electron chi connectivity index (χ4n) is 2.52. The highest BCUT2D eigenvalue weighted by atomic mass is 35.5. The summed E-state index contributed by atoms with van der Waals surface area (Å²) in [5.41, 5.74) is 6.24. The van der Waals surface area contributed by atoms with Gasteiger partial charge in [-0.1, -0.05) is 26.0 Å². The molecular weight excluding hydrogens is 279 g/mol. The minimum Gasteiger partial charge on any atom is -0.489 e. The van der Waals surface area contributed by atoms with Crippen LogP contribution in [0.4, 0.5) is 4.39 Å². The summed E-state index contributed by atoms with van der Waals surface area (Å²) in [5, 5.41) is 0. The SMILES string of the molecule is CC1(C)CN(CCOc2ccccc2F)CCC1N.Cl. The molecule has 2 rings (SSSR count). The first-order valence-corrected chi connectivity index (χ1v) is 6.84. The Bertz CT molecular complexity index is 428. The summed E-state index contributed by atoms with van der Waals surface area (Å²) >= 11 is 0. The van der Waals surface area contributed by atoms with Gasteiger partial charge in [0.2, 0.25) is 0 Å². The zero-order valence-corrected chi connectivity index (χ0v) is 13.0. The van der Waals surface area contributed by atoms with Crippen molar-refractivity contribution in [3.05, 3.63) is 30.1 Å². The van der Waals surface area contributed by atoms with E-state index in [0.717, 1.165) is 26.1 Å². The average molecular weight is 303 g/mol. The Balaban J connectivity index is 0.00000200. The molecule has 1 saturated heterocycles. The van der Waals surface area contributed by atoms with Gasteiger partial charge in [0.1, 0.15) is 6.61 Å². The standard InChI is InChI=1S/C15H23FN2O.ClH/c1-15(2)11-18(8-7-14(15)17)9-10-19-13-6-4-3-5-12(13)16;/h3-6,14H,7-11,17H2,1-2H3;1H. The van der Waals surface area contributed by atoms with E-state index in [1.807, 2.05) is 0 Å². The van der Waals surface area contributed by atoms with Gasteiger partial charge >= 0.3 is 0 Å². The number of nitrogens with two attached hydrogens (primary N) is 1. The monoisotopic (exact) mass is 302 g/mol. The van der Waals surface area contributed by atoms with Crippen LogP contribution >= 0.6 is 12.4 Å². The van der Waals surface area contributed by atoms with E-state index in [2.05, 4.69) is 18.7 Å². The van der Waals surface area contributed by atoms with E-state index in [9.17, 15) is 4.39 Å². The predicted molar refractivity (Wildman–Crippen MR) is 82.0 cm³/mol. The maximum absolute atomic E-state index is 13.4. The third kappa shape index (κ3) is 4.33. The Morgan fingerprint density at radius 2 is 2.10 bits per heavy atom. The number of likely N-dealkylation sites (tertiary alicyclic amines) is 1. The van der Waals surface area contributed by atoms with E-state index in [1.165, 1.54) is 6.07 Å². The summed E-state index contributed by atoms with van der Waals surface area (Å²) in [6.07, 6.45) is 1.01. The molecule has 114 valence electrons. The van der Waals surface area contributed by atoms with Crippen molar-refractivity contribution in [1.29, 1.82) is 0 Å². The van der Waals surface area contributed by atoms with Crippen molar-refractivity contribution >= 4 is 12.4 Å². The van der Waals surface area contributed by atoms with E-state index in [4.69, 9.17) is 10.5 Å². The van der Waals surface area contributed by atoms with Crippen LogP contribution in [0, 0.1) is 11.2 Å². The summed E-state index contributed by atoms with van der Waals surface area (Å²) in [5.74, 6) is 0.0268. The zero-order valence-electron chi connectivity index (χ0n) is 12.1. The molecule has 2 N–H and O–H groups in total. The molecule has 0 aromatic heterocycles. The fourth-order valence-corrected chi connectivity index (χ4v) is 2.52. The number of benzene rings is 1. The smallest absolute Gasteiger partial charge is 0.165 e. The second kappa shape index (κ2) is 7.25. The molecule has 1 fully saturated rings. The molecule has 1 heterocycles. The Kier molecular flexibility index (Phi) is 6.24. The molecule has 1 unspecified atom stereocenters. The third-order valence-corrected chi connectivity index (χ3v) is 3.89. The molecule has 1 atom stereocenters. The van der Waals surface area contributed by atoms with Gasteiger partial charge in [-0.05, 0) is 30.5 Å². The fraction of sp³-hybridized carbons (Fsp3) is 0.600. The van der Waals surface area contributed by atoms with Crippen molar-refractivity contribution in [3.8, 4) is 5.75 Å². The molecule has 1 aliphatic rings. The van der Waals surface area contributed by atoms with E-state index >= 15 is 0 Å². The van der Waals surface area contributed by atoms with Crippen LogP contribution in [0.3, 0.4) is 0 Å². The summed E-state index contributed by atoms with van der Waals surface area (Å²) in [6.45, 7) is 7.67. The minimum absolute atomic E-state index is 0. The van der Waals surface area contributed by atoms with Crippen LogP contribution in [0.2, 0.25) is 0 Å². The zero-order chi connectivity index (χ0) is 13.9. The van der Waals surface area contributed by atoms with E-state index in [0.29, 0.717) is 12.4 Å². The normalized spacial score (nSPS) is 22.1. The van der Waals surface area contributed by atoms with E-state index in [1.54, 1.807) is 18.2 Å². The van der Waals surface area contributed by atoms with Crippen LogP contribution in [0.15, 0.2) is 24.3 Å². The number of para-hydroxylation sites is 1. The first-order valence-electron chi connectivity index (χ1n) is 6.84. The van der Waals surface area contributed by atoms with Gasteiger partial charge in [0.25, 0.3) is 0 Å². The van der Waals surface area contributed by atoms with Crippen molar-refractivity contribution in [2.75, 3.05) is 26.2 Å². The maximum Gasteiger partial charge on any atom is 0.165 e. The van der Waals surface area contributed by atoms with Crippen molar-refractivity contribution < 1.29 is 9.13 Å². The van der Waals surface area contributed by atoms with Crippen molar-refractivity contribution in [2.24, 2.45) is 11.1 Å². The molecule has 0 amide bonds. The lowest BCUT2D eigenvalue weighted by Gasteiger charge is -2.42. The van der Waals surface area contributed by atoms with Gasteiger partial charge in [-0.15, -0.1) is 12.4 Å². The minimum atomic E-state index is -0.302. The highest BCUT2D eigenvalue weighted by molar-refractivity contribution is 5.85. The van der Waals surface area contributed by atoms with Gasteiger partial charge in [0.05, 0.1) is 0 Å². The molecule has 0 radical (unpaired) electrons. The highest BCUT2D eigenvalue weighted by Gasteiger charge is 2.33. The largest absolute Gasteiger partial charge is 0.489 e. The first kappa shape index (κ1) is 17.2. The summed E-state index contributed by atoms with van der Waals surface area (Å²) in [7, 11) is 0. The number of rotatable bonds is 4. The topological polar surface area (TPSA) is 38.5 Å². The Hall–Kier alpha value is -0.840. The van der Waals surface area contributed by atoms with Crippen LogP contribution in [-0.2, 0) is 0 Å². The number of piperidine rings is 1. The van der Waals surface area contributed by atoms with Gasteiger partial charge < -0.3 is 10.5 Å². The van der Waals surface area contributed by atoms with Gasteiger partial charge in [0.15, 0.2) is 11.6 Å². The molecule has 1 aromatic rings. The number of halogens is 2. The summed E-state index contributed by atoms with van der Waals surface area (Å²) in [6, 6.07) is 6.78. The Labute approximate surface area is 126 Å². The van der Waals surface area contributed by atoms with Gasteiger partial charge in [-0.25, -0.2) is 4.39 Å². The molecule has 20 heavy (non-hydrogen) atoms. The van der Waals surface area contributed by atoms with Crippen LogP contribution in [0.1, 0.15) is 20.3 Å². The molecule has 0 saturated carbocycles.